The van der Waals surface area contributed by atoms with E-state index in [1.165, 1.54) is 6.34 Å². The number of amides is 2. The third-order valence-electron chi connectivity index (χ3n) is 3.03. The molecule has 0 radical (unpaired) electrons. The fourth-order valence-corrected chi connectivity index (χ4v) is 1.88. The lowest BCUT2D eigenvalue weighted by molar-refractivity contribution is -0.787. The van der Waals surface area contributed by atoms with E-state index in [4.69, 9.17) is 15.6 Å². The number of quaternary nitrogens is 1. The fourth-order valence-electron chi connectivity index (χ4n) is 1.88. The van der Waals surface area contributed by atoms with Gasteiger partial charge in [-0.15, -0.1) is 4.99 Å². The van der Waals surface area contributed by atoms with Crippen LogP contribution in [0.1, 0.15) is 6.42 Å². The summed E-state index contributed by atoms with van der Waals surface area (Å²) in [7, 11) is 1.57. The van der Waals surface area contributed by atoms with Crippen LogP contribution in [0.3, 0.4) is 0 Å². The molecule has 2 rings (SSSR count). The summed E-state index contributed by atoms with van der Waals surface area (Å²) in [5, 5.41) is 18.6. The minimum atomic E-state index is -0.801. The number of carbonyl (C=O) groups excluding carboxylic acids is 1. The smallest absolute Gasteiger partial charge is 0.394 e. The number of rotatable bonds is 2. The number of aliphatic hydroxyl groups is 2. The van der Waals surface area contributed by atoms with Crippen LogP contribution in [0.2, 0.25) is 0 Å². The lowest BCUT2D eigenvalue weighted by Crippen LogP contribution is -2.56. The highest BCUT2D eigenvalue weighted by Crippen LogP contribution is 2.28. The molecular weight excluding hydrogens is 228 g/mol. The summed E-state index contributed by atoms with van der Waals surface area (Å²) >= 11 is 0. The second-order valence-electron chi connectivity index (χ2n) is 4.26. The Labute approximate surface area is 97.6 Å². The molecule has 2 heterocycles. The van der Waals surface area contributed by atoms with Crippen molar-refractivity contribution < 1.29 is 24.2 Å². The van der Waals surface area contributed by atoms with E-state index in [0.29, 0.717) is 0 Å². The van der Waals surface area contributed by atoms with Gasteiger partial charge >= 0.3 is 6.03 Å². The van der Waals surface area contributed by atoms with Crippen LogP contribution in [-0.2, 0) is 4.74 Å². The predicted molar refractivity (Wildman–Crippen MR) is 58.1 cm³/mol. The summed E-state index contributed by atoms with van der Waals surface area (Å²) in [4.78, 5) is 19.2. The number of carbonyl (C=O) groups is 1. The summed E-state index contributed by atoms with van der Waals surface area (Å²) in [5.74, 6) is -0.0946. The van der Waals surface area contributed by atoms with Crippen LogP contribution in [0, 0.1) is 0 Å². The molecule has 1 saturated heterocycles. The Bertz CT molecular complexity index is 396. The molecule has 0 aliphatic carbocycles. The van der Waals surface area contributed by atoms with Gasteiger partial charge in [0.1, 0.15) is 6.10 Å². The lowest BCUT2D eigenvalue weighted by atomic mass is 10.2. The van der Waals surface area contributed by atoms with E-state index in [-0.39, 0.29) is 23.5 Å². The largest absolute Gasteiger partial charge is 0.453 e. The molecule has 0 saturated carbocycles. The van der Waals surface area contributed by atoms with E-state index in [2.05, 4.69) is 9.98 Å². The number of aliphatic hydroxyl groups excluding tert-OH is 2. The van der Waals surface area contributed by atoms with Gasteiger partial charge in [-0.05, 0) is 0 Å². The van der Waals surface area contributed by atoms with Gasteiger partial charge in [0.15, 0.2) is 0 Å². The Morgan fingerprint density at radius 3 is 2.94 bits per heavy atom. The van der Waals surface area contributed by atoms with Crippen molar-refractivity contribution in [2.75, 3.05) is 13.7 Å². The standard InChI is InChI=1S/C9H14N4O4/c1-13(4-11-8(10)12-9(13)16)7-2-5(15)6(3-14)17-7/h4-7,14-15H,2-3H2,1H3,(H-,10,12,16)/p+1. The summed E-state index contributed by atoms with van der Waals surface area (Å²) in [6.45, 7) is -0.297. The molecule has 0 bridgehead atoms. The highest BCUT2D eigenvalue weighted by atomic mass is 16.5. The van der Waals surface area contributed by atoms with Crippen molar-refractivity contribution in [2.45, 2.75) is 24.9 Å². The van der Waals surface area contributed by atoms with Gasteiger partial charge in [-0.3, -0.25) is 0 Å². The molecular formula is C9H15N4O4+. The zero-order valence-electron chi connectivity index (χ0n) is 9.35. The highest BCUT2D eigenvalue weighted by molar-refractivity contribution is 5.98. The minimum Gasteiger partial charge on any atom is -0.394 e. The van der Waals surface area contributed by atoms with Gasteiger partial charge in [-0.1, -0.05) is 0 Å². The zero-order valence-corrected chi connectivity index (χ0v) is 9.35. The van der Waals surface area contributed by atoms with Gasteiger partial charge in [-0.2, -0.15) is 9.48 Å². The zero-order chi connectivity index (χ0) is 12.6. The van der Waals surface area contributed by atoms with Gasteiger partial charge in [-0.25, -0.2) is 4.79 Å². The Kier molecular flexibility index (Phi) is 2.96. The van der Waals surface area contributed by atoms with Crippen LogP contribution in [0.15, 0.2) is 9.98 Å². The molecule has 17 heavy (non-hydrogen) atoms. The number of aliphatic imine (C=N–C) groups is 2. The molecule has 4 unspecified atom stereocenters. The second-order valence-corrected chi connectivity index (χ2v) is 4.26. The van der Waals surface area contributed by atoms with E-state index >= 15 is 0 Å². The summed E-state index contributed by atoms with van der Waals surface area (Å²) in [6, 6.07) is -0.506. The molecule has 94 valence electrons. The Morgan fingerprint density at radius 1 is 1.71 bits per heavy atom. The van der Waals surface area contributed by atoms with Crippen molar-refractivity contribution in [3.8, 4) is 0 Å². The van der Waals surface area contributed by atoms with Crippen LogP contribution >= 0.6 is 0 Å². The third kappa shape index (κ3) is 1.95. The van der Waals surface area contributed by atoms with Crippen LogP contribution in [-0.4, -0.2) is 65.1 Å². The van der Waals surface area contributed by atoms with Crippen molar-refractivity contribution >= 4 is 18.3 Å². The lowest BCUT2D eigenvalue weighted by Gasteiger charge is -2.30. The first kappa shape index (κ1) is 12.1. The van der Waals surface area contributed by atoms with Gasteiger partial charge in [0.05, 0.1) is 26.2 Å². The fraction of sp³-hybridized carbons (Fsp3) is 0.667. The molecule has 4 atom stereocenters. The second kappa shape index (κ2) is 4.15. The molecule has 2 aliphatic rings. The molecule has 0 aromatic heterocycles. The first-order valence-corrected chi connectivity index (χ1v) is 5.21. The van der Waals surface area contributed by atoms with Crippen molar-refractivity contribution in [3.63, 3.8) is 0 Å². The molecule has 1 fully saturated rings. The predicted octanol–water partition coefficient (Wildman–Crippen LogP) is -1.62. The molecule has 4 N–H and O–H groups in total. The first-order valence-electron chi connectivity index (χ1n) is 5.21. The molecule has 0 spiro atoms. The van der Waals surface area contributed by atoms with E-state index in [9.17, 15) is 9.90 Å². The maximum absolute atomic E-state index is 11.8. The number of urea groups is 1. The number of nitrogens with zero attached hydrogens (tertiary/aromatic N) is 3. The van der Waals surface area contributed by atoms with Gasteiger partial charge in [0.2, 0.25) is 18.5 Å². The average molecular weight is 243 g/mol. The van der Waals surface area contributed by atoms with E-state index in [1.54, 1.807) is 7.05 Å². The Hall–Kier alpha value is -1.35. The third-order valence-corrected chi connectivity index (χ3v) is 3.03. The number of guanidine groups is 1. The molecule has 8 heteroatoms. The van der Waals surface area contributed by atoms with Crippen LogP contribution in [0.5, 0.6) is 0 Å². The summed E-state index contributed by atoms with van der Waals surface area (Å²) < 4.78 is 5.11. The molecule has 8 nitrogen and oxygen atoms in total. The number of ether oxygens (including phenoxy) is 1. The quantitative estimate of drug-likeness (QED) is 0.504. The summed E-state index contributed by atoms with van der Waals surface area (Å²) in [6.07, 6.45) is -0.532. The van der Waals surface area contributed by atoms with E-state index in [1.807, 2.05) is 0 Å². The van der Waals surface area contributed by atoms with Crippen molar-refractivity contribution in [3.05, 3.63) is 0 Å². The maximum Gasteiger partial charge on any atom is 0.453 e. The minimum absolute atomic E-state index is 0.0946. The SMILES string of the molecule is C[N+]1(C2CC(O)C(CO)O2)C=NC(N)=NC1=O. The van der Waals surface area contributed by atoms with Crippen molar-refractivity contribution in [2.24, 2.45) is 15.7 Å². The molecule has 2 amide bonds. The highest BCUT2D eigenvalue weighted by Gasteiger charge is 2.49. The van der Waals surface area contributed by atoms with Gasteiger partial charge in [0.25, 0.3) is 0 Å². The Balaban J connectivity index is 2.19. The molecule has 2 aliphatic heterocycles. The number of hydrogen-bond donors (Lipinski definition) is 3. The first-order chi connectivity index (χ1) is 7.97. The van der Waals surface area contributed by atoms with Crippen molar-refractivity contribution in [1.29, 1.82) is 0 Å². The van der Waals surface area contributed by atoms with Crippen LogP contribution < -0.4 is 5.73 Å². The number of hydrogen-bond acceptors (Lipinski definition) is 6. The molecule has 0 aromatic carbocycles. The topological polar surface area (TPSA) is 118 Å². The monoisotopic (exact) mass is 243 g/mol. The molecule has 0 aromatic rings. The maximum atomic E-state index is 11.8. The normalized spacial score (nSPS) is 41.7. The van der Waals surface area contributed by atoms with E-state index in [0.717, 1.165) is 0 Å². The van der Waals surface area contributed by atoms with Crippen molar-refractivity contribution in [1.82, 2.24) is 0 Å². The van der Waals surface area contributed by atoms with Crippen LogP contribution in [0.25, 0.3) is 0 Å². The Morgan fingerprint density at radius 2 is 2.41 bits per heavy atom. The van der Waals surface area contributed by atoms with Gasteiger partial charge in [0, 0.05) is 0 Å². The van der Waals surface area contributed by atoms with Gasteiger partial charge < -0.3 is 20.7 Å². The average Bonchev–Trinajstić information content (AvgIpc) is 2.66. The van der Waals surface area contributed by atoms with E-state index < -0.39 is 24.5 Å². The summed E-state index contributed by atoms with van der Waals surface area (Å²) in [5.41, 5.74) is 5.32. The van der Waals surface area contributed by atoms with Crippen LogP contribution in [0.4, 0.5) is 4.79 Å². The number of nitrogens with two attached hydrogens (primary N) is 1.